The van der Waals surface area contributed by atoms with Crippen LogP contribution in [0.5, 0.6) is 0 Å². The Labute approximate surface area is 94.8 Å². The Morgan fingerprint density at radius 3 is 3.00 bits per heavy atom. The highest BCUT2D eigenvalue weighted by Crippen LogP contribution is 1.99. The van der Waals surface area contributed by atoms with E-state index >= 15 is 0 Å². The quantitative estimate of drug-likeness (QED) is 0.686. The number of hydrogen-bond donors (Lipinski definition) is 2. The molecule has 0 aliphatic rings. The second-order valence-corrected chi connectivity index (χ2v) is 3.54. The molecule has 0 aliphatic heterocycles. The number of carbonyl (C=O) groups excluding carboxylic acids is 1. The smallest absolute Gasteiger partial charge is 0.269 e. The van der Waals surface area contributed by atoms with E-state index in [1.54, 1.807) is 26.4 Å². The van der Waals surface area contributed by atoms with Crippen LogP contribution in [0.25, 0.3) is 0 Å². The molecule has 0 saturated heterocycles. The van der Waals surface area contributed by atoms with Crippen LogP contribution in [0.2, 0.25) is 0 Å². The number of carbonyl (C=O) groups is 1. The van der Waals surface area contributed by atoms with Gasteiger partial charge in [0.1, 0.15) is 5.69 Å². The topological polar surface area (TPSA) is 82.2 Å². The predicted molar refractivity (Wildman–Crippen MR) is 60.0 cm³/mol. The fourth-order valence-corrected chi connectivity index (χ4v) is 1.46. The molecule has 0 fully saturated rings. The molecule has 0 radical (unpaired) electrons. The standard InChI is InChI=1S/C10H18N4O2/c1-14-9(4-6-12-14)10(15)13-8(3-5-11)7-16-2/h4,6,8H,3,5,7,11H2,1-2H3,(H,13,15). The van der Waals surface area contributed by atoms with Crippen LogP contribution in [0, 0.1) is 0 Å². The van der Waals surface area contributed by atoms with E-state index in [9.17, 15) is 4.79 Å². The zero-order valence-electron chi connectivity index (χ0n) is 9.64. The van der Waals surface area contributed by atoms with Crippen molar-refractivity contribution >= 4 is 5.91 Å². The average molecular weight is 226 g/mol. The number of aryl methyl sites for hydroxylation is 1. The van der Waals surface area contributed by atoms with Crippen molar-refractivity contribution in [3.05, 3.63) is 18.0 Å². The summed E-state index contributed by atoms with van der Waals surface area (Å²) in [5, 5.41) is 6.79. The SMILES string of the molecule is COCC(CCN)NC(=O)c1ccnn1C. The van der Waals surface area contributed by atoms with E-state index in [-0.39, 0.29) is 11.9 Å². The Morgan fingerprint density at radius 1 is 1.75 bits per heavy atom. The van der Waals surface area contributed by atoms with Crippen LogP contribution in [0.3, 0.4) is 0 Å². The molecule has 16 heavy (non-hydrogen) atoms. The summed E-state index contributed by atoms with van der Waals surface area (Å²) in [7, 11) is 3.32. The number of aromatic nitrogens is 2. The summed E-state index contributed by atoms with van der Waals surface area (Å²) < 4.78 is 6.54. The maximum Gasteiger partial charge on any atom is 0.269 e. The van der Waals surface area contributed by atoms with E-state index < -0.39 is 0 Å². The number of nitrogens with two attached hydrogens (primary N) is 1. The van der Waals surface area contributed by atoms with Crippen LogP contribution in [-0.4, -0.2) is 42.0 Å². The van der Waals surface area contributed by atoms with Gasteiger partial charge in [0.25, 0.3) is 5.91 Å². The Bertz CT molecular complexity index is 331. The van der Waals surface area contributed by atoms with Crippen molar-refractivity contribution in [3.63, 3.8) is 0 Å². The van der Waals surface area contributed by atoms with Gasteiger partial charge in [-0.05, 0) is 19.0 Å². The van der Waals surface area contributed by atoms with Crippen LogP contribution in [0.4, 0.5) is 0 Å². The van der Waals surface area contributed by atoms with Crippen molar-refractivity contribution in [1.29, 1.82) is 0 Å². The molecular formula is C10H18N4O2. The molecule has 6 nitrogen and oxygen atoms in total. The molecule has 6 heteroatoms. The van der Waals surface area contributed by atoms with Gasteiger partial charge >= 0.3 is 0 Å². The molecule has 1 amide bonds. The molecule has 90 valence electrons. The van der Waals surface area contributed by atoms with E-state index in [1.165, 1.54) is 4.68 Å². The molecule has 0 aromatic carbocycles. The second-order valence-electron chi connectivity index (χ2n) is 3.54. The average Bonchev–Trinajstić information content (AvgIpc) is 2.65. The Balaban J connectivity index is 2.58. The van der Waals surface area contributed by atoms with Gasteiger partial charge in [-0.15, -0.1) is 0 Å². The van der Waals surface area contributed by atoms with Gasteiger partial charge < -0.3 is 15.8 Å². The highest BCUT2D eigenvalue weighted by Gasteiger charge is 2.15. The maximum absolute atomic E-state index is 11.8. The summed E-state index contributed by atoms with van der Waals surface area (Å²) >= 11 is 0. The van der Waals surface area contributed by atoms with Crippen molar-refractivity contribution in [1.82, 2.24) is 15.1 Å². The maximum atomic E-state index is 11.8. The largest absolute Gasteiger partial charge is 0.383 e. The van der Waals surface area contributed by atoms with Gasteiger partial charge in [-0.3, -0.25) is 9.48 Å². The number of rotatable bonds is 6. The van der Waals surface area contributed by atoms with E-state index in [0.717, 1.165) is 0 Å². The number of hydrogen-bond acceptors (Lipinski definition) is 4. The van der Waals surface area contributed by atoms with E-state index in [4.69, 9.17) is 10.5 Å². The van der Waals surface area contributed by atoms with Crippen molar-refractivity contribution in [3.8, 4) is 0 Å². The molecule has 0 spiro atoms. The van der Waals surface area contributed by atoms with E-state index in [0.29, 0.717) is 25.3 Å². The predicted octanol–water partition coefficient (Wildman–Crippen LogP) is -0.486. The summed E-state index contributed by atoms with van der Waals surface area (Å²) in [5.41, 5.74) is 5.99. The Kier molecular flexibility index (Phi) is 4.94. The van der Waals surface area contributed by atoms with Gasteiger partial charge in [0.05, 0.1) is 12.6 Å². The van der Waals surface area contributed by atoms with Crippen LogP contribution >= 0.6 is 0 Å². The summed E-state index contributed by atoms with van der Waals surface area (Å²) in [6, 6.07) is 1.61. The first-order chi connectivity index (χ1) is 7.69. The zero-order valence-corrected chi connectivity index (χ0v) is 9.64. The third-order valence-electron chi connectivity index (χ3n) is 2.27. The fourth-order valence-electron chi connectivity index (χ4n) is 1.46. The zero-order chi connectivity index (χ0) is 12.0. The summed E-state index contributed by atoms with van der Waals surface area (Å²) in [6.45, 7) is 0.973. The van der Waals surface area contributed by atoms with Crippen LogP contribution < -0.4 is 11.1 Å². The molecule has 3 N–H and O–H groups in total. The Morgan fingerprint density at radius 2 is 2.50 bits per heavy atom. The van der Waals surface area contributed by atoms with Crippen molar-refractivity contribution < 1.29 is 9.53 Å². The fraction of sp³-hybridized carbons (Fsp3) is 0.600. The van der Waals surface area contributed by atoms with Crippen molar-refractivity contribution in [2.24, 2.45) is 12.8 Å². The third-order valence-corrected chi connectivity index (χ3v) is 2.27. The molecule has 0 saturated carbocycles. The highest BCUT2D eigenvalue weighted by molar-refractivity contribution is 5.92. The summed E-state index contributed by atoms with van der Waals surface area (Å²) in [6.07, 6.45) is 2.28. The molecule has 1 unspecified atom stereocenters. The number of ether oxygens (including phenoxy) is 1. The molecule has 1 atom stereocenters. The molecule has 0 bridgehead atoms. The van der Waals surface area contributed by atoms with Gasteiger partial charge in [0.2, 0.25) is 0 Å². The minimum absolute atomic E-state index is 0.0580. The van der Waals surface area contributed by atoms with E-state index in [2.05, 4.69) is 10.4 Å². The van der Waals surface area contributed by atoms with Crippen LogP contribution in [0.1, 0.15) is 16.9 Å². The number of nitrogens with zero attached hydrogens (tertiary/aromatic N) is 2. The second kappa shape index (κ2) is 6.24. The minimum atomic E-state index is -0.157. The summed E-state index contributed by atoms with van der Waals surface area (Å²) in [5.74, 6) is -0.157. The highest BCUT2D eigenvalue weighted by atomic mass is 16.5. The number of amides is 1. The van der Waals surface area contributed by atoms with Crippen molar-refractivity contribution in [2.75, 3.05) is 20.3 Å². The lowest BCUT2D eigenvalue weighted by molar-refractivity contribution is 0.0884. The molecule has 1 aromatic rings. The van der Waals surface area contributed by atoms with Crippen LogP contribution in [0.15, 0.2) is 12.3 Å². The third kappa shape index (κ3) is 3.32. The van der Waals surface area contributed by atoms with Gasteiger partial charge in [-0.1, -0.05) is 0 Å². The summed E-state index contributed by atoms with van der Waals surface area (Å²) in [4.78, 5) is 11.8. The van der Waals surface area contributed by atoms with Crippen molar-refractivity contribution in [2.45, 2.75) is 12.5 Å². The minimum Gasteiger partial charge on any atom is -0.383 e. The van der Waals surface area contributed by atoms with Gasteiger partial charge in [-0.2, -0.15) is 5.10 Å². The molecule has 0 aliphatic carbocycles. The first-order valence-electron chi connectivity index (χ1n) is 5.17. The van der Waals surface area contributed by atoms with Gasteiger partial charge in [0, 0.05) is 20.4 Å². The number of nitrogens with one attached hydrogen (secondary N) is 1. The molecular weight excluding hydrogens is 208 g/mol. The van der Waals surface area contributed by atoms with Gasteiger partial charge in [0.15, 0.2) is 0 Å². The molecule has 1 aromatic heterocycles. The van der Waals surface area contributed by atoms with Gasteiger partial charge in [-0.25, -0.2) is 0 Å². The lowest BCUT2D eigenvalue weighted by Crippen LogP contribution is -2.40. The monoisotopic (exact) mass is 226 g/mol. The molecule has 1 heterocycles. The lowest BCUT2D eigenvalue weighted by atomic mass is 10.2. The first-order valence-corrected chi connectivity index (χ1v) is 5.17. The molecule has 1 rings (SSSR count). The number of methoxy groups -OCH3 is 1. The first kappa shape index (κ1) is 12.7. The normalized spacial score (nSPS) is 12.4. The Hall–Kier alpha value is -1.40. The van der Waals surface area contributed by atoms with Crippen LogP contribution in [-0.2, 0) is 11.8 Å². The lowest BCUT2D eigenvalue weighted by Gasteiger charge is -2.16. The van der Waals surface area contributed by atoms with E-state index in [1.807, 2.05) is 0 Å².